The molecule has 0 radical (unpaired) electrons. The fraction of sp³-hybridized carbons (Fsp3) is 0.833. The number of carbonyl (C=O) groups is 2. The minimum atomic E-state index is -5.75. The number of halogens is 6. The van der Waals surface area contributed by atoms with Crippen molar-refractivity contribution < 1.29 is 41.8 Å². The minimum Gasteiger partial charge on any atom is -0.480 e. The first kappa shape index (κ1) is 20.9. The van der Waals surface area contributed by atoms with Gasteiger partial charge in [0.05, 0.1) is 0 Å². The van der Waals surface area contributed by atoms with Gasteiger partial charge in [-0.05, 0) is 25.7 Å². The smallest absolute Gasteiger partial charge is 0.453 e. The van der Waals surface area contributed by atoms with Gasteiger partial charge in [0.15, 0.2) is 5.41 Å². The van der Waals surface area contributed by atoms with Gasteiger partial charge in [0, 0.05) is 12.3 Å². The van der Waals surface area contributed by atoms with Gasteiger partial charge in [-0.2, -0.15) is 22.0 Å². The highest BCUT2D eigenvalue weighted by atomic mass is 35.5. The molecular weight excluding hydrogens is 339 g/mol. The summed E-state index contributed by atoms with van der Waals surface area (Å²) >= 11 is 5.38. The fourth-order valence-corrected chi connectivity index (χ4v) is 2.11. The van der Waals surface area contributed by atoms with Gasteiger partial charge in [-0.3, -0.25) is 9.59 Å². The Hall–Kier alpha value is -1.12. The maximum Gasteiger partial charge on any atom is 0.453 e. The van der Waals surface area contributed by atoms with Crippen LogP contribution >= 0.6 is 11.6 Å². The number of rotatable bonds is 10. The van der Waals surface area contributed by atoms with Crippen molar-refractivity contribution >= 4 is 23.5 Å². The van der Waals surface area contributed by atoms with Gasteiger partial charge in [-0.15, -0.1) is 11.6 Å². The van der Waals surface area contributed by atoms with Crippen LogP contribution < -0.4 is 0 Å². The van der Waals surface area contributed by atoms with E-state index in [4.69, 9.17) is 21.8 Å². The molecule has 0 rings (SSSR count). The Morgan fingerprint density at radius 1 is 0.818 bits per heavy atom. The van der Waals surface area contributed by atoms with E-state index in [0.717, 1.165) is 0 Å². The summed E-state index contributed by atoms with van der Waals surface area (Å²) in [6, 6.07) is 0. The molecule has 0 fully saturated rings. The van der Waals surface area contributed by atoms with Gasteiger partial charge in [-0.25, -0.2) is 0 Å². The van der Waals surface area contributed by atoms with Gasteiger partial charge < -0.3 is 10.2 Å². The first-order valence-corrected chi connectivity index (χ1v) is 6.91. The SMILES string of the molecule is O=C(O)C(CCCCCl)(CCCC(F)(F)C(F)(F)F)C(=O)O. The van der Waals surface area contributed by atoms with Crippen LogP contribution in [0.3, 0.4) is 0 Å². The summed E-state index contributed by atoms with van der Waals surface area (Å²) in [5, 5.41) is 18.1. The molecular formula is C12H16ClF5O4. The van der Waals surface area contributed by atoms with Crippen molar-refractivity contribution in [2.75, 3.05) is 5.88 Å². The van der Waals surface area contributed by atoms with Crippen molar-refractivity contribution in [2.24, 2.45) is 5.41 Å². The maximum atomic E-state index is 12.8. The van der Waals surface area contributed by atoms with E-state index >= 15 is 0 Å². The third-order valence-corrected chi connectivity index (χ3v) is 3.58. The summed E-state index contributed by atoms with van der Waals surface area (Å²) in [5.74, 6) is -8.34. The third kappa shape index (κ3) is 5.26. The fourth-order valence-electron chi connectivity index (χ4n) is 1.92. The molecule has 0 saturated carbocycles. The van der Waals surface area contributed by atoms with Crippen LogP contribution in [0.4, 0.5) is 22.0 Å². The first-order valence-electron chi connectivity index (χ1n) is 6.38. The van der Waals surface area contributed by atoms with Crippen molar-refractivity contribution in [3.63, 3.8) is 0 Å². The molecule has 0 unspecified atom stereocenters. The standard InChI is InChI=1S/C12H16ClF5O4/c13-7-2-1-4-10(8(19)20,9(21)22)5-3-6-11(14,15)12(16,17)18/h1-7H2,(H,19,20)(H,21,22). The van der Waals surface area contributed by atoms with Crippen molar-refractivity contribution in [1.29, 1.82) is 0 Å². The van der Waals surface area contributed by atoms with E-state index in [1.807, 2.05) is 0 Å². The minimum absolute atomic E-state index is 0.109. The van der Waals surface area contributed by atoms with Gasteiger partial charge >= 0.3 is 24.0 Å². The normalized spacial score (nSPS) is 13.2. The van der Waals surface area contributed by atoms with Crippen LogP contribution in [-0.4, -0.2) is 40.1 Å². The van der Waals surface area contributed by atoms with Gasteiger partial charge in [0.1, 0.15) is 0 Å². The topological polar surface area (TPSA) is 74.6 Å². The molecule has 0 aromatic rings. The molecule has 130 valence electrons. The third-order valence-electron chi connectivity index (χ3n) is 3.31. The lowest BCUT2D eigenvalue weighted by atomic mass is 9.78. The van der Waals surface area contributed by atoms with E-state index in [-0.39, 0.29) is 18.7 Å². The Morgan fingerprint density at radius 3 is 1.64 bits per heavy atom. The molecule has 0 aromatic heterocycles. The second kappa shape index (κ2) is 7.94. The lowest BCUT2D eigenvalue weighted by molar-refractivity contribution is -0.284. The summed E-state index contributed by atoms with van der Waals surface area (Å²) in [6.07, 6.45) is -9.07. The molecule has 0 aromatic carbocycles. The highest BCUT2D eigenvalue weighted by Crippen LogP contribution is 2.41. The van der Waals surface area contributed by atoms with Crippen LogP contribution in [0.15, 0.2) is 0 Å². The monoisotopic (exact) mass is 354 g/mol. The number of hydrogen-bond acceptors (Lipinski definition) is 2. The Morgan fingerprint density at radius 2 is 1.27 bits per heavy atom. The molecule has 0 bridgehead atoms. The number of hydrogen-bond donors (Lipinski definition) is 2. The van der Waals surface area contributed by atoms with Crippen molar-refractivity contribution in [3.05, 3.63) is 0 Å². The molecule has 0 heterocycles. The van der Waals surface area contributed by atoms with E-state index in [9.17, 15) is 31.5 Å². The van der Waals surface area contributed by atoms with E-state index in [0.29, 0.717) is 6.42 Å². The Bertz CT molecular complexity index is 383. The molecule has 10 heteroatoms. The molecule has 0 amide bonds. The lowest BCUT2D eigenvalue weighted by Crippen LogP contribution is -2.41. The largest absolute Gasteiger partial charge is 0.480 e. The maximum absolute atomic E-state index is 12.8. The second-order valence-electron chi connectivity index (χ2n) is 4.89. The molecule has 2 N–H and O–H groups in total. The average Bonchev–Trinajstić information content (AvgIpc) is 2.34. The zero-order valence-corrected chi connectivity index (χ0v) is 12.2. The molecule has 0 aliphatic rings. The van der Waals surface area contributed by atoms with Crippen LogP contribution in [0.5, 0.6) is 0 Å². The van der Waals surface area contributed by atoms with Crippen LogP contribution in [0.2, 0.25) is 0 Å². The molecule has 22 heavy (non-hydrogen) atoms. The van der Waals surface area contributed by atoms with Crippen LogP contribution in [0.1, 0.15) is 38.5 Å². The summed E-state index contributed by atoms with van der Waals surface area (Å²) in [5.41, 5.74) is -2.38. The lowest BCUT2D eigenvalue weighted by Gasteiger charge is -2.26. The van der Waals surface area contributed by atoms with E-state index in [1.54, 1.807) is 0 Å². The van der Waals surface area contributed by atoms with Crippen LogP contribution in [-0.2, 0) is 9.59 Å². The van der Waals surface area contributed by atoms with Crippen molar-refractivity contribution in [2.45, 2.75) is 50.6 Å². The zero-order chi connectivity index (χ0) is 17.6. The number of aliphatic carboxylic acids is 2. The molecule has 0 aliphatic carbocycles. The number of carboxylic acids is 2. The average molecular weight is 355 g/mol. The van der Waals surface area contributed by atoms with Crippen LogP contribution in [0, 0.1) is 5.41 Å². The number of carboxylic acid groups (broad SMARTS) is 2. The zero-order valence-electron chi connectivity index (χ0n) is 11.4. The van der Waals surface area contributed by atoms with Gasteiger partial charge in [0.2, 0.25) is 0 Å². The summed E-state index contributed by atoms with van der Waals surface area (Å²) in [6.45, 7) is 0. The van der Waals surface area contributed by atoms with Crippen molar-refractivity contribution in [1.82, 2.24) is 0 Å². The number of alkyl halides is 6. The van der Waals surface area contributed by atoms with Crippen LogP contribution in [0.25, 0.3) is 0 Å². The molecule has 4 nitrogen and oxygen atoms in total. The van der Waals surface area contributed by atoms with Crippen molar-refractivity contribution in [3.8, 4) is 0 Å². The van der Waals surface area contributed by atoms with E-state index in [1.165, 1.54) is 0 Å². The quantitative estimate of drug-likeness (QED) is 0.270. The van der Waals surface area contributed by atoms with Gasteiger partial charge in [0.25, 0.3) is 0 Å². The van der Waals surface area contributed by atoms with E-state index in [2.05, 4.69) is 0 Å². The Labute approximate surface area is 128 Å². The second-order valence-corrected chi connectivity index (χ2v) is 5.27. The Kier molecular flexibility index (Phi) is 7.53. The summed E-state index contributed by atoms with van der Waals surface area (Å²) in [7, 11) is 0. The number of unbranched alkanes of at least 4 members (excludes halogenated alkanes) is 1. The Balaban J connectivity index is 4.93. The molecule has 0 saturated heterocycles. The predicted molar refractivity (Wildman–Crippen MR) is 67.1 cm³/mol. The molecule has 0 atom stereocenters. The predicted octanol–water partition coefficient (Wildman–Crippen LogP) is 3.92. The van der Waals surface area contributed by atoms with Gasteiger partial charge in [-0.1, -0.05) is 6.42 Å². The highest BCUT2D eigenvalue weighted by Gasteiger charge is 2.57. The van der Waals surface area contributed by atoms with E-state index < -0.39 is 48.7 Å². The molecule has 0 aliphatic heterocycles. The molecule has 0 spiro atoms. The first-order chi connectivity index (χ1) is 9.90. The highest BCUT2D eigenvalue weighted by molar-refractivity contribution is 6.17. The summed E-state index contributed by atoms with van der Waals surface area (Å²) < 4.78 is 61.6. The summed E-state index contributed by atoms with van der Waals surface area (Å²) in [4.78, 5) is 22.4.